The van der Waals surface area contributed by atoms with Gasteiger partial charge >= 0.3 is 5.97 Å². The first-order valence-corrected chi connectivity index (χ1v) is 12.4. The number of likely N-dealkylation sites (tertiary alicyclic amines) is 1. The number of anilines is 1. The molecular weight excluding hydrogens is 442 g/mol. The molecule has 1 fully saturated rings. The van der Waals surface area contributed by atoms with Gasteiger partial charge in [0.2, 0.25) is 5.91 Å². The molecule has 1 aliphatic heterocycles. The van der Waals surface area contributed by atoms with Crippen molar-refractivity contribution < 1.29 is 23.6 Å². The molecule has 7 heteroatoms. The van der Waals surface area contributed by atoms with Crippen LogP contribution < -0.4 is 10.6 Å². The standard InChI is InChI=1S/C28H37N3O4/c1-20(2)16-29-27(33)23-13-9-15-31(18-23,17-22-11-6-5-7-12-22)19-25(32)30-26-21(3)10-8-14-24(26)28(34)35-4/h5-8,10-12,14,20,23H,9,13,15-19H2,1-4H3,(H-,29,30,32,33,34)/p+1. The van der Waals surface area contributed by atoms with Gasteiger partial charge in [0.25, 0.3) is 5.91 Å². The molecule has 0 spiro atoms. The molecule has 2 N–H and O–H groups in total. The van der Waals surface area contributed by atoms with E-state index in [-0.39, 0.29) is 24.3 Å². The number of carbonyl (C=O) groups is 3. The van der Waals surface area contributed by atoms with Crippen LogP contribution in [0.2, 0.25) is 0 Å². The number of nitrogens with one attached hydrogen (secondary N) is 2. The molecule has 0 aromatic heterocycles. The van der Waals surface area contributed by atoms with E-state index in [1.165, 1.54) is 7.11 Å². The molecule has 7 nitrogen and oxygen atoms in total. The molecule has 2 aromatic rings. The summed E-state index contributed by atoms with van der Waals surface area (Å²) in [4.78, 5) is 38.6. The van der Waals surface area contributed by atoms with Gasteiger partial charge in [-0.1, -0.05) is 56.3 Å². The third kappa shape index (κ3) is 7.15. The van der Waals surface area contributed by atoms with Crippen LogP contribution in [0.3, 0.4) is 0 Å². The fraction of sp³-hybridized carbons (Fsp3) is 0.464. The number of methoxy groups -OCH3 is 1. The van der Waals surface area contributed by atoms with Gasteiger partial charge in [-0.3, -0.25) is 9.59 Å². The van der Waals surface area contributed by atoms with Gasteiger partial charge in [0, 0.05) is 12.1 Å². The van der Waals surface area contributed by atoms with Crippen LogP contribution in [-0.2, 0) is 20.9 Å². The second kappa shape index (κ2) is 12.0. The second-order valence-corrected chi connectivity index (χ2v) is 10.1. The Morgan fingerprint density at radius 2 is 1.83 bits per heavy atom. The van der Waals surface area contributed by atoms with Gasteiger partial charge < -0.3 is 19.9 Å². The SMILES string of the molecule is COC(=O)c1cccc(C)c1NC(=O)C[N+]1(Cc2ccccc2)CCCC(C(=O)NCC(C)C)C1. The number of para-hydroxylation sites is 1. The van der Waals surface area contributed by atoms with E-state index < -0.39 is 5.97 Å². The zero-order chi connectivity index (χ0) is 25.4. The molecule has 3 rings (SSSR count). The molecule has 0 radical (unpaired) electrons. The summed E-state index contributed by atoms with van der Waals surface area (Å²) < 4.78 is 5.40. The summed E-state index contributed by atoms with van der Waals surface area (Å²) >= 11 is 0. The van der Waals surface area contributed by atoms with Crippen molar-refractivity contribution in [3.63, 3.8) is 0 Å². The van der Waals surface area contributed by atoms with Gasteiger partial charge in [-0.05, 0) is 37.3 Å². The minimum atomic E-state index is -0.489. The Morgan fingerprint density at radius 3 is 2.51 bits per heavy atom. The number of esters is 1. The molecule has 2 amide bonds. The van der Waals surface area contributed by atoms with Gasteiger partial charge in [0.1, 0.15) is 6.54 Å². The van der Waals surface area contributed by atoms with Crippen LogP contribution in [0.5, 0.6) is 0 Å². The summed E-state index contributed by atoms with van der Waals surface area (Å²) in [6.07, 6.45) is 1.70. The quantitative estimate of drug-likeness (QED) is 0.421. The number of benzene rings is 2. The number of piperidine rings is 1. The first-order chi connectivity index (χ1) is 16.7. The summed E-state index contributed by atoms with van der Waals surface area (Å²) in [5.74, 6) is -0.347. The number of quaternary nitrogens is 1. The van der Waals surface area contributed by atoms with Crippen LogP contribution in [0.1, 0.15) is 48.2 Å². The lowest BCUT2D eigenvalue weighted by molar-refractivity contribution is -0.940. The van der Waals surface area contributed by atoms with Gasteiger partial charge in [-0.15, -0.1) is 0 Å². The van der Waals surface area contributed by atoms with Gasteiger partial charge in [0.05, 0.1) is 37.4 Å². The van der Waals surface area contributed by atoms with Crippen molar-refractivity contribution in [1.82, 2.24) is 5.32 Å². The number of ether oxygens (including phenoxy) is 1. The monoisotopic (exact) mass is 480 g/mol. The number of hydrogen-bond acceptors (Lipinski definition) is 4. The molecule has 0 aliphatic carbocycles. The Labute approximate surface area is 208 Å². The highest BCUT2D eigenvalue weighted by Crippen LogP contribution is 2.28. The van der Waals surface area contributed by atoms with E-state index in [0.717, 1.165) is 30.5 Å². The van der Waals surface area contributed by atoms with Crippen molar-refractivity contribution in [2.45, 2.75) is 40.2 Å². The van der Waals surface area contributed by atoms with Crippen LogP contribution in [0.4, 0.5) is 5.69 Å². The summed E-state index contributed by atoms with van der Waals surface area (Å²) in [5, 5.41) is 6.06. The van der Waals surface area contributed by atoms with E-state index >= 15 is 0 Å². The van der Waals surface area contributed by atoms with E-state index in [9.17, 15) is 14.4 Å². The number of carbonyl (C=O) groups excluding carboxylic acids is 3. The fourth-order valence-corrected chi connectivity index (χ4v) is 4.90. The highest BCUT2D eigenvalue weighted by atomic mass is 16.5. The van der Waals surface area contributed by atoms with Crippen molar-refractivity contribution in [2.24, 2.45) is 11.8 Å². The van der Waals surface area contributed by atoms with Crippen LogP contribution >= 0.6 is 0 Å². The summed E-state index contributed by atoms with van der Waals surface area (Å²) in [6, 6.07) is 15.4. The van der Waals surface area contributed by atoms with E-state index in [1.807, 2.05) is 31.2 Å². The molecule has 1 heterocycles. The van der Waals surface area contributed by atoms with Crippen molar-refractivity contribution >= 4 is 23.5 Å². The van der Waals surface area contributed by atoms with Crippen LogP contribution in [-0.4, -0.2) is 55.6 Å². The fourth-order valence-electron chi connectivity index (χ4n) is 4.90. The lowest BCUT2D eigenvalue weighted by Crippen LogP contribution is -2.58. The molecule has 1 saturated heterocycles. The minimum Gasteiger partial charge on any atom is -0.465 e. The van der Waals surface area contributed by atoms with Crippen LogP contribution in [0, 0.1) is 18.8 Å². The zero-order valence-electron chi connectivity index (χ0n) is 21.3. The normalized spacial score (nSPS) is 19.7. The highest BCUT2D eigenvalue weighted by molar-refractivity contribution is 6.02. The molecular formula is C28H38N3O4+. The number of aryl methyl sites for hydroxylation is 1. The Balaban J connectivity index is 1.83. The van der Waals surface area contributed by atoms with Gasteiger partial charge in [0.15, 0.2) is 6.54 Å². The van der Waals surface area contributed by atoms with Crippen molar-refractivity contribution in [3.8, 4) is 0 Å². The summed E-state index contributed by atoms with van der Waals surface area (Å²) in [6.45, 7) is 8.96. The van der Waals surface area contributed by atoms with Gasteiger partial charge in [-0.2, -0.15) is 0 Å². The largest absolute Gasteiger partial charge is 0.465 e. The molecule has 1 aliphatic rings. The summed E-state index contributed by atoms with van der Waals surface area (Å²) in [5.41, 5.74) is 2.74. The smallest absolute Gasteiger partial charge is 0.339 e. The van der Waals surface area contributed by atoms with Crippen LogP contribution in [0.25, 0.3) is 0 Å². The predicted molar refractivity (Wildman–Crippen MR) is 137 cm³/mol. The van der Waals surface area contributed by atoms with Gasteiger partial charge in [-0.25, -0.2) is 4.79 Å². The van der Waals surface area contributed by atoms with Crippen molar-refractivity contribution in [1.29, 1.82) is 0 Å². The highest BCUT2D eigenvalue weighted by Gasteiger charge is 2.40. The average molecular weight is 481 g/mol. The van der Waals surface area contributed by atoms with Crippen molar-refractivity contribution in [3.05, 3.63) is 65.2 Å². The topological polar surface area (TPSA) is 84.5 Å². The number of amides is 2. The minimum absolute atomic E-state index is 0.0706. The maximum absolute atomic E-state index is 13.4. The Kier molecular flexibility index (Phi) is 9.04. The number of hydrogen-bond donors (Lipinski definition) is 2. The van der Waals surface area contributed by atoms with E-state index in [0.29, 0.717) is 41.3 Å². The van der Waals surface area contributed by atoms with Crippen molar-refractivity contribution in [2.75, 3.05) is 38.6 Å². The Bertz CT molecular complexity index is 1040. The Hall–Kier alpha value is -3.19. The maximum Gasteiger partial charge on any atom is 0.339 e. The third-order valence-corrected chi connectivity index (χ3v) is 6.63. The number of nitrogens with zero attached hydrogens (tertiary/aromatic N) is 1. The lowest BCUT2D eigenvalue weighted by atomic mass is 9.93. The third-order valence-electron chi connectivity index (χ3n) is 6.63. The first kappa shape index (κ1) is 26.4. The molecule has 35 heavy (non-hydrogen) atoms. The van der Waals surface area contributed by atoms with E-state index in [1.54, 1.807) is 12.1 Å². The van der Waals surface area contributed by atoms with E-state index in [2.05, 4.69) is 36.6 Å². The molecule has 2 unspecified atom stereocenters. The molecule has 2 aromatic carbocycles. The zero-order valence-corrected chi connectivity index (χ0v) is 21.3. The molecule has 2 atom stereocenters. The number of rotatable bonds is 9. The molecule has 0 bridgehead atoms. The molecule has 0 saturated carbocycles. The Morgan fingerprint density at radius 1 is 1.09 bits per heavy atom. The summed E-state index contributed by atoms with van der Waals surface area (Å²) in [7, 11) is 1.33. The second-order valence-electron chi connectivity index (χ2n) is 10.1. The van der Waals surface area contributed by atoms with Crippen LogP contribution in [0.15, 0.2) is 48.5 Å². The van der Waals surface area contributed by atoms with E-state index in [4.69, 9.17) is 4.74 Å². The maximum atomic E-state index is 13.4. The average Bonchev–Trinajstić information content (AvgIpc) is 2.83. The molecule has 188 valence electrons. The predicted octanol–water partition coefficient (Wildman–Crippen LogP) is 3.92. The first-order valence-electron chi connectivity index (χ1n) is 12.4. The lowest BCUT2D eigenvalue weighted by Gasteiger charge is -2.43.